The fraction of sp³-hybridized carbons (Fsp3) is 0.818. The Hall–Kier alpha value is -1.14. The lowest BCUT2D eigenvalue weighted by Crippen LogP contribution is -2.46. The van der Waals surface area contributed by atoms with Crippen molar-refractivity contribution in [1.82, 2.24) is 16.0 Å². The summed E-state index contributed by atoms with van der Waals surface area (Å²) in [7, 11) is 1.58. The Morgan fingerprint density at radius 1 is 1.41 bits per heavy atom. The van der Waals surface area contributed by atoms with Crippen LogP contribution in [0.5, 0.6) is 0 Å². The van der Waals surface area contributed by atoms with Gasteiger partial charge in [0.15, 0.2) is 0 Å². The zero-order valence-electron chi connectivity index (χ0n) is 10.4. The van der Waals surface area contributed by atoms with E-state index in [9.17, 15) is 9.59 Å². The lowest BCUT2D eigenvalue weighted by molar-refractivity contribution is -0.123. The third-order valence-electron chi connectivity index (χ3n) is 2.51. The van der Waals surface area contributed by atoms with Gasteiger partial charge in [0.1, 0.15) is 0 Å². The van der Waals surface area contributed by atoms with Crippen molar-refractivity contribution in [3.8, 4) is 0 Å². The third kappa shape index (κ3) is 6.23. The van der Waals surface area contributed by atoms with E-state index in [1.54, 1.807) is 14.0 Å². The van der Waals surface area contributed by atoms with Crippen LogP contribution in [0.15, 0.2) is 0 Å². The summed E-state index contributed by atoms with van der Waals surface area (Å²) in [6, 6.07) is 0.00561. The average Bonchev–Trinajstić information content (AvgIpc) is 3.10. The van der Waals surface area contributed by atoms with E-state index in [0.717, 1.165) is 12.8 Å². The van der Waals surface area contributed by atoms with Gasteiger partial charge in [-0.1, -0.05) is 0 Å². The summed E-state index contributed by atoms with van der Waals surface area (Å²) in [5.41, 5.74) is 0. The molecule has 1 saturated carbocycles. The number of carbonyl (C=O) groups is 2. The summed E-state index contributed by atoms with van der Waals surface area (Å²) in [4.78, 5) is 22.9. The number of hydrogen-bond acceptors (Lipinski definition) is 4. The lowest BCUT2D eigenvalue weighted by Gasteiger charge is -2.13. The molecule has 3 N–H and O–H groups in total. The molecule has 17 heavy (non-hydrogen) atoms. The van der Waals surface area contributed by atoms with Gasteiger partial charge in [-0.25, -0.2) is 0 Å². The molecule has 1 rings (SSSR count). The normalized spacial score (nSPS) is 16.4. The first-order chi connectivity index (χ1) is 8.13. The molecule has 1 atom stereocenters. The first-order valence-corrected chi connectivity index (χ1v) is 5.93. The second-order valence-corrected chi connectivity index (χ2v) is 4.23. The number of rotatable bonds is 8. The van der Waals surface area contributed by atoms with Gasteiger partial charge in [0.2, 0.25) is 11.8 Å². The molecule has 0 spiro atoms. The van der Waals surface area contributed by atoms with Crippen molar-refractivity contribution in [2.45, 2.75) is 31.8 Å². The van der Waals surface area contributed by atoms with Crippen LogP contribution >= 0.6 is 0 Å². The number of hydrogen-bond donors (Lipinski definition) is 3. The van der Waals surface area contributed by atoms with Gasteiger partial charge >= 0.3 is 0 Å². The Labute approximate surface area is 101 Å². The van der Waals surface area contributed by atoms with Gasteiger partial charge in [-0.15, -0.1) is 0 Å². The molecule has 1 aliphatic carbocycles. The summed E-state index contributed by atoms with van der Waals surface area (Å²) in [5.74, 6) is -0.176. The van der Waals surface area contributed by atoms with Crippen LogP contribution < -0.4 is 16.0 Å². The molecule has 0 aliphatic heterocycles. The molecule has 0 aromatic rings. The summed E-state index contributed by atoms with van der Waals surface area (Å²) in [6.07, 6.45) is 2.13. The third-order valence-corrected chi connectivity index (χ3v) is 2.51. The number of carbonyl (C=O) groups excluding carboxylic acids is 2. The van der Waals surface area contributed by atoms with E-state index in [2.05, 4.69) is 16.0 Å². The van der Waals surface area contributed by atoms with Crippen molar-refractivity contribution < 1.29 is 14.3 Å². The second kappa shape index (κ2) is 7.24. The van der Waals surface area contributed by atoms with Crippen LogP contribution in [-0.4, -0.2) is 50.7 Å². The molecule has 2 amide bonds. The molecule has 0 aromatic heterocycles. The zero-order chi connectivity index (χ0) is 12.7. The van der Waals surface area contributed by atoms with E-state index in [0.29, 0.717) is 19.2 Å². The molecule has 1 fully saturated rings. The lowest BCUT2D eigenvalue weighted by atomic mass is 10.3. The summed E-state index contributed by atoms with van der Waals surface area (Å²) >= 11 is 0. The molecule has 6 heteroatoms. The molecule has 0 saturated heterocycles. The molecular weight excluding hydrogens is 222 g/mol. The number of amides is 2. The summed E-state index contributed by atoms with van der Waals surface area (Å²) in [5, 5.41) is 8.43. The quantitative estimate of drug-likeness (QED) is 0.478. The van der Waals surface area contributed by atoms with E-state index in [4.69, 9.17) is 4.74 Å². The first kappa shape index (κ1) is 13.9. The zero-order valence-corrected chi connectivity index (χ0v) is 10.4. The van der Waals surface area contributed by atoms with Crippen LogP contribution in [0.3, 0.4) is 0 Å². The van der Waals surface area contributed by atoms with Gasteiger partial charge in [-0.2, -0.15) is 0 Å². The molecule has 0 heterocycles. The van der Waals surface area contributed by atoms with Gasteiger partial charge in [0, 0.05) is 19.7 Å². The van der Waals surface area contributed by atoms with E-state index in [1.165, 1.54) is 0 Å². The smallest absolute Gasteiger partial charge is 0.237 e. The Kier molecular flexibility index (Phi) is 5.93. The van der Waals surface area contributed by atoms with E-state index >= 15 is 0 Å². The molecule has 0 radical (unpaired) electrons. The SMILES string of the molecule is COCCNC(=O)CNC(C)C(=O)NC1CC1. The molecule has 98 valence electrons. The van der Waals surface area contributed by atoms with E-state index in [-0.39, 0.29) is 24.4 Å². The van der Waals surface area contributed by atoms with Crippen LogP contribution in [0.1, 0.15) is 19.8 Å². The van der Waals surface area contributed by atoms with E-state index in [1.807, 2.05) is 0 Å². The van der Waals surface area contributed by atoms with Gasteiger partial charge in [0.05, 0.1) is 19.2 Å². The van der Waals surface area contributed by atoms with Crippen LogP contribution in [0.25, 0.3) is 0 Å². The highest BCUT2D eigenvalue weighted by molar-refractivity contribution is 5.83. The van der Waals surface area contributed by atoms with Gasteiger partial charge in [-0.3, -0.25) is 14.9 Å². The molecule has 0 aromatic carbocycles. The van der Waals surface area contributed by atoms with Gasteiger partial charge in [0.25, 0.3) is 0 Å². The first-order valence-electron chi connectivity index (χ1n) is 5.93. The van der Waals surface area contributed by atoms with Crippen molar-refractivity contribution in [2.75, 3.05) is 26.8 Å². The highest BCUT2D eigenvalue weighted by atomic mass is 16.5. The molecule has 0 bridgehead atoms. The number of ether oxygens (including phenoxy) is 1. The van der Waals surface area contributed by atoms with Crippen molar-refractivity contribution in [2.24, 2.45) is 0 Å². The maximum Gasteiger partial charge on any atom is 0.237 e. The number of methoxy groups -OCH3 is 1. The topological polar surface area (TPSA) is 79.5 Å². The van der Waals surface area contributed by atoms with Gasteiger partial charge < -0.3 is 15.4 Å². The van der Waals surface area contributed by atoms with Crippen molar-refractivity contribution in [3.05, 3.63) is 0 Å². The minimum absolute atomic E-state index is 0.0443. The molecular formula is C11H21N3O3. The fourth-order valence-electron chi connectivity index (χ4n) is 1.25. The van der Waals surface area contributed by atoms with Crippen molar-refractivity contribution in [1.29, 1.82) is 0 Å². The monoisotopic (exact) mass is 243 g/mol. The standard InChI is InChI=1S/C11H21N3O3/c1-8(11(16)14-9-3-4-9)13-7-10(15)12-5-6-17-2/h8-9,13H,3-7H2,1-2H3,(H,12,15)(H,14,16). The summed E-state index contributed by atoms with van der Waals surface area (Å²) in [6.45, 7) is 2.87. The van der Waals surface area contributed by atoms with E-state index < -0.39 is 0 Å². The number of nitrogens with one attached hydrogen (secondary N) is 3. The average molecular weight is 243 g/mol. The minimum atomic E-state index is -0.344. The molecule has 6 nitrogen and oxygen atoms in total. The van der Waals surface area contributed by atoms with Crippen LogP contribution in [-0.2, 0) is 14.3 Å². The highest BCUT2D eigenvalue weighted by Crippen LogP contribution is 2.18. The Morgan fingerprint density at radius 2 is 2.12 bits per heavy atom. The van der Waals surface area contributed by atoms with Gasteiger partial charge in [-0.05, 0) is 19.8 Å². The Bertz CT molecular complexity index is 267. The maximum absolute atomic E-state index is 11.5. The van der Waals surface area contributed by atoms with Crippen LogP contribution in [0.2, 0.25) is 0 Å². The van der Waals surface area contributed by atoms with Crippen molar-refractivity contribution in [3.63, 3.8) is 0 Å². The molecule has 1 aliphatic rings. The Balaban J connectivity index is 2.06. The van der Waals surface area contributed by atoms with Crippen LogP contribution in [0, 0.1) is 0 Å². The molecule has 1 unspecified atom stereocenters. The minimum Gasteiger partial charge on any atom is -0.383 e. The summed E-state index contributed by atoms with van der Waals surface area (Å²) < 4.78 is 4.81. The second-order valence-electron chi connectivity index (χ2n) is 4.23. The Morgan fingerprint density at radius 3 is 2.71 bits per heavy atom. The largest absolute Gasteiger partial charge is 0.383 e. The van der Waals surface area contributed by atoms with Crippen molar-refractivity contribution >= 4 is 11.8 Å². The highest BCUT2D eigenvalue weighted by Gasteiger charge is 2.25. The maximum atomic E-state index is 11.5. The fourth-order valence-corrected chi connectivity index (χ4v) is 1.25. The van der Waals surface area contributed by atoms with Crippen LogP contribution in [0.4, 0.5) is 0 Å². The predicted molar refractivity (Wildman–Crippen MR) is 63.5 cm³/mol. The predicted octanol–water partition coefficient (Wildman–Crippen LogP) is -0.994.